The van der Waals surface area contributed by atoms with Crippen LogP contribution in [-0.4, -0.2) is 59.8 Å². The predicted octanol–water partition coefficient (Wildman–Crippen LogP) is 6.25. The number of ether oxygens (including phenoxy) is 3. The van der Waals surface area contributed by atoms with Crippen LogP contribution in [0.5, 0.6) is 0 Å². The summed E-state index contributed by atoms with van der Waals surface area (Å²) in [6.45, 7) is 9.59. The first kappa shape index (κ1) is 35.6. The van der Waals surface area contributed by atoms with Gasteiger partial charge < -0.3 is 29.7 Å². The average Bonchev–Trinajstić information content (AvgIpc) is 3.38. The van der Waals surface area contributed by atoms with Gasteiger partial charge in [-0.2, -0.15) is 0 Å². The van der Waals surface area contributed by atoms with Crippen LogP contribution in [-0.2, 0) is 32.0 Å². The molecular weight excluding hydrogens is 643 g/mol. The van der Waals surface area contributed by atoms with Crippen LogP contribution in [0.3, 0.4) is 0 Å². The van der Waals surface area contributed by atoms with Gasteiger partial charge in [0.25, 0.3) is 5.91 Å². The Labute approximate surface area is 282 Å². The Morgan fingerprint density at radius 1 is 1.06 bits per heavy atom. The molecule has 2 N–H and O–H groups in total. The molecule has 49 heavy (non-hydrogen) atoms. The lowest BCUT2D eigenvalue weighted by Gasteiger charge is -2.40. The zero-order valence-electron chi connectivity index (χ0n) is 28.3. The van der Waals surface area contributed by atoms with E-state index in [0.29, 0.717) is 49.4 Å². The number of hydrogen-bond donors (Lipinski definition) is 2. The number of nitrogens with one attached hydrogen (secondary N) is 2. The Morgan fingerprint density at radius 2 is 1.78 bits per heavy atom. The molecule has 1 fully saturated rings. The minimum absolute atomic E-state index is 0.0567. The summed E-state index contributed by atoms with van der Waals surface area (Å²) in [6, 6.07) is 3.78. The van der Waals surface area contributed by atoms with E-state index in [4.69, 9.17) is 14.2 Å². The van der Waals surface area contributed by atoms with Crippen molar-refractivity contribution in [2.75, 3.05) is 30.4 Å². The van der Waals surface area contributed by atoms with E-state index in [1.54, 1.807) is 20.8 Å². The lowest BCUT2D eigenvalue weighted by Crippen LogP contribution is -2.51. The molecule has 0 radical (unpaired) electrons. The van der Waals surface area contributed by atoms with E-state index in [1.807, 2.05) is 11.8 Å². The second-order valence-electron chi connectivity index (χ2n) is 13.5. The van der Waals surface area contributed by atoms with Crippen LogP contribution in [0.25, 0.3) is 11.3 Å². The predicted molar refractivity (Wildman–Crippen MR) is 174 cm³/mol. The smallest absolute Gasteiger partial charge is 0.407 e. The standard InChI is InChI=1S/C35H40F3N5O6/c1-18-11-21(40-34(46)49-35(3,4)5)16-43(15-18)32-22-7-10-28(48-19(2)44)30(22)39-14-27(32)42-33(45)26-9-8-23(36)31(41-26)29-24(37)12-20(17-47-6)13-25(29)38/h8-9,12-14,18,21,28H,7,10-11,15-17H2,1-6H3,(H,40,46)(H,42,45). The number of nitrogens with zero attached hydrogens (tertiary/aromatic N) is 3. The number of anilines is 2. The summed E-state index contributed by atoms with van der Waals surface area (Å²) < 4.78 is 60.9. The number of methoxy groups -OCH3 is 1. The molecule has 3 atom stereocenters. The van der Waals surface area contributed by atoms with Crippen LogP contribution in [0.15, 0.2) is 30.5 Å². The summed E-state index contributed by atoms with van der Waals surface area (Å²) in [5, 5.41) is 5.76. The summed E-state index contributed by atoms with van der Waals surface area (Å²) in [7, 11) is 1.37. The van der Waals surface area contributed by atoms with E-state index in [0.717, 1.165) is 29.8 Å². The molecule has 1 aliphatic carbocycles. The highest BCUT2D eigenvalue weighted by Gasteiger charge is 2.36. The van der Waals surface area contributed by atoms with Crippen molar-refractivity contribution in [3.8, 4) is 11.3 Å². The van der Waals surface area contributed by atoms with Gasteiger partial charge in [0.1, 0.15) is 40.5 Å². The Balaban J connectivity index is 1.49. The van der Waals surface area contributed by atoms with Crippen LogP contribution in [0.1, 0.15) is 80.9 Å². The van der Waals surface area contributed by atoms with Gasteiger partial charge in [0.15, 0.2) is 0 Å². The number of fused-ring (bicyclic) bond motifs is 1. The second kappa shape index (κ2) is 14.4. The number of piperidine rings is 1. The molecule has 0 saturated carbocycles. The number of benzene rings is 1. The van der Waals surface area contributed by atoms with Gasteiger partial charge in [0.05, 0.1) is 35.4 Å². The number of esters is 1. The summed E-state index contributed by atoms with van der Waals surface area (Å²) >= 11 is 0. The van der Waals surface area contributed by atoms with Crippen molar-refractivity contribution in [1.29, 1.82) is 0 Å². The van der Waals surface area contributed by atoms with Crippen molar-refractivity contribution < 1.29 is 41.8 Å². The fourth-order valence-electron chi connectivity index (χ4n) is 6.41. The van der Waals surface area contributed by atoms with E-state index in [2.05, 4.69) is 20.6 Å². The van der Waals surface area contributed by atoms with Gasteiger partial charge in [-0.05, 0) is 75.8 Å². The molecule has 3 heterocycles. The quantitative estimate of drug-likeness (QED) is 0.265. The molecule has 14 heteroatoms. The van der Waals surface area contributed by atoms with Gasteiger partial charge in [-0.15, -0.1) is 0 Å². The Hall–Kier alpha value is -4.72. The van der Waals surface area contributed by atoms with Crippen LogP contribution >= 0.6 is 0 Å². The Kier molecular flexibility index (Phi) is 10.5. The number of alkyl carbamates (subject to hydrolysis) is 1. The number of aromatic nitrogens is 2. The molecule has 5 rings (SSSR count). The van der Waals surface area contributed by atoms with Crippen molar-refractivity contribution in [3.05, 3.63) is 70.4 Å². The topological polar surface area (TPSA) is 132 Å². The van der Waals surface area contributed by atoms with Gasteiger partial charge >= 0.3 is 12.1 Å². The van der Waals surface area contributed by atoms with E-state index < -0.39 is 58.4 Å². The Morgan fingerprint density at radius 3 is 2.43 bits per heavy atom. The third-order valence-electron chi connectivity index (χ3n) is 8.13. The van der Waals surface area contributed by atoms with Crippen LogP contribution < -0.4 is 15.5 Å². The maximum Gasteiger partial charge on any atom is 0.407 e. The molecule has 1 aromatic carbocycles. The minimum atomic E-state index is -1.06. The first-order valence-corrected chi connectivity index (χ1v) is 16.0. The highest BCUT2D eigenvalue weighted by Crippen LogP contribution is 2.43. The zero-order valence-corrected chi connectivity index (χ0v) is 28.3. The van der Waals surface area contributed by atoms with Gasteiger partial charge in [-0.25, -0.2) is 22.9 Å². The summed E-state index contributed by atoms with van der Waals surface area (Å²) in [6.07, 6.45) is 1.98. The molecule has 2 aliphatic rings. The van der Waals surface area contributed by atoms with Crippen molar-refractivity contribution in [3.63, 3.8) is 0 Å². The van der Waals surface area contributed by atoms with Crippen molar-refractivity contribution in [2.24, 2.45) is 5.92 Å². The van der Waals surface area contributed by atoms with Crippen molar-refractivity contribution >= 4 is 29.3 Å². The molecular formula is C35H40F3N5O6. The van der Waals surface area contributed by atoms with E-state index in [1.165, 1.54) is 20.2 Å². The number of halogens is 3. The van der Waals surface area contributed by atoms with Crippen molar-refractivity contribution in [2.45, 2.75) is 78.2 Å². The minimum Gasteiger partial charge on any atom is -0.456 e. The first-order chi connectivity index (χ1) is 23.1. The number of hydrogen-bond acceptors (Lipinski definition) is 9. The van der Waals surface area contributed by atoms with E-state index in [-0.39, 0.29) is 29.8 Å². The highest BCUT2D eigenvalue weighted by molar-refractivity contribution is 6.05. The summed E-state index contributed by atoms with van der Waals surface area (Å²) in [5.41, 5.74) is 0.104. The first-order valence-electron chi connectivity index (χ1n) is 16.0. The fraction of sp³-hybridized carbons (Fsp3) is 0.457. The van der Waals surface area contributed by atoms with Gasteiger partial charge in [-0.3, -0.25) is 14.6 Å². The third-order valence-corrected chi connectivity index (χ3v) is 8.13. The lowest BCUT2D eigenvalue weighted by atomic mass is 9.94. The van der Waals surface area contributed by atoms with Gasteiger partial charge in [0, 0.05) is 38.7 Å². The highest BCUT2D eigenvalue weighted by atomic mass is 19.1. The maximum absolute atomic E-state index is 15.0. The maximum atomic E-state index is 15.0. The van der Waals surface area contributed by atoms with Crippen LogP contribution in [0.4, 0.5) is 29.3 Å². The van der Waals surface area contributed by atoms with Crippen molar-refractivity contribution in [1.82, 2.24) is 15.3 Å². The average molecular weight is 684 g/mol. The molecule has 1 aliphatic heterocycles. The number of pyridine rings is 2. The zero-order chi connectivity index (χ0) is 35.6. The third kappa shape index (κ3) is 8.30. The van der Waals surface area contributed by atoms with Crippen LogP contribution in [0.2, 0.25) is 0 Å². The Bertz CT molecular complexity index is 1740. The molecule has 0 spiro atoms. The number of carbonyl (C=O) groups is 3. The van der Waals surface area contributed by atoms with Crippen LogP contribution in [0, 0.1) is 23.4 Å². The normalized spacial score (nSPS) is 18.9. The van der Waals surface area contributed by atoms with E-state index >= 15 is 8.78 Å². The molecule has 11 nitrogen and oxygen atoms in total. The molecule has 0 bridgehead atoms. The molecule has 2 amide bonds. The molecule has 3 unspecified atom stereocenters. The lowest BCUT2D eigenvalue weighted by molar-refractivity contribution is -0.146. The fourth-order valence-corrected chi connectivity index (χ4v) is 6.41. The molecule has 262 valence electrons. The number of amides is 2. The largest absolute Gasteiger partial charge is 0.456 e. The molecule has 1 saturated heterocycles. The SMILES string of the molecule is COCc1cc(F)c(-c2nc(C(=O)Nc3cnc4c(c3N3CC(C)CC(NC(=O)OC(C)(C)C)C3)CCC4OC(C)=O)ccc2F)c(F)c1. The molecule has 3 aromatic rings. The number of rotatable bonds is 8. The van der Waals surface area contributed by atoms with Gasteiger partial charge in [0.2, 0.25) is 0 Å². The molecule has 2 aromatic heterocycles. The number of carbonyl (C=O) groups excluding carboxylic acids is 3. The monoisotopic (exact) mass is 683 g/mol. The second-order valence-corrected chi connectivity index (χ2v) is 13.5. The van der Waals surface area contributed by atoms with Gasteiger partial charge in [-0.1, -0.05) is 6.92 Å². The van der Waals surface area contributed by atoms with E-state index in [9.17, 15) is 18.8 Å². The summed E-state index contributed by atoms with van der Waals surface area (Å²) in [5.74, 6) is -4.24. The summed E-state index contributed by atoms with van der Waals surface area (Å²) in [4.78, 5) is 48.8.